The van der Waals surface area contributed by atoms with E-state index in [1.165, 1.54) is 28.3 Å². The van der Waals surface area contributed by atoms with Gasteiger partial charge in [0.1, 0.15) is 5.82 Å². The number of hydrogen-bond donors (Lipinski definition) is 1. The maximum atomic E-state index is 14.2. The third-order valence-corrected chi connectivity index (χ3v) is 7.38. The Morgan fingerprint density at radius 2 is 1.78 bits per heavy atom. The Hall–Kier alpha value is -2.62. The van der Waals surface area contributed by atoms with Gasteiger partial charge in [0, 0.05) is 28.0 Å². The number of aromatic nitrogens is 1. The first-order valence-electron chi connectivity index (χ1n) is 11.3. The fourth-order valence-corrected chi connectivity index (χ4v) is 5.32. The summed E-state index contributed by atoms with van der Waals surface area (Å²) in [6.07, 6.45) is 2.09. The van der Waals surface area contributed by atoms with Crippen LogP contribution >= 0.6 is 11.6 Å². The molecule has 1 fully saturated rings. The van der Waals surface area contributed by atoms with Crippen molar-refractivity contribution in [1.82, 2.24) is 9.88 Å². The first-order valence-corrected chi connectivity index (χ1v) is 11.7. The summed E-state index contributed by atoms with van der Waals surface area (Å²) in [5.41, 5.74) is 8.34. The normalized spacial score (nSPS) is 15.5. The van der Waals surface area contributed by atoms with Gasteiger partial charge < -0.3 is 4.98 Å². The first-order chi connectivity index (χ1) is 15.5. The van der Waals surface area contributed by atoms with Crippen LogP contribution in [-0.2, 0) is 6.54 Å². The van der Waals surface area contributed by atoms with Crippen molar-refractivity contribution in [2.24, 2.45) is 0 Å². The summed E-state index contributed by atoms with van der Waals surface area (Å²) in [5, 5.41) is 1.70. The average molecular weight is 447 g/mol. The minimum atomic E-state index is -0.198. The molecule has 1 aliphatic heterocycles. The molecule has 0 spiro atoms. The van der Waals surface area contributed by atoms with Crippen LogP contribution in [-0.4, -0.2) is 23.0 Å². The van der Waals surface area contributed by atoms with E-state index in [1.54, 1.807) is 6.07 Å². The molecule has 3 aromatic carbocycles. The SMILES string of the molecule is Cc1cccc(CN2CCC(c3c(-c4ccccc4Cl)[nH]c4ccc(F)cc34)CC2)c1C. The lowest BCUT2D eigenvalue weighted by Gasteiger charge is -2.33. The Balaban J connectivity index is 1.45. The molecule has 2 heterocycles. The second-order valence-electron chi connectivity index (χ2n) is 8.99. The number of nitrogens with one attached hydrogen (secondary N) is 1. The van der Waals surface area contributed by atoms with Gasteiger partial charge in [0.15, 0.2) is 0 Å². The van der Waals surface area contributed by atoms with Crippen LogP contribution in [0.15, 0.2) is 60.7 Å². The Morgan fingerprint density at radius 3 is 2.56 bits per heavy atom. The Bertz CT molecular complexity index is 1270. The Kier molecular flexibility index (Phi) is 5.79. The molecule has 0 saturated carbocycles. The van der Waals surface area contributed by atoms with Crippen molar-refractivity contribution in [3.63, 3.8) is 0 Å². The van der Waals surface area contributed by atoms with E-state index in [-0.39, 0.29) is 5.82 Å². The molecule has 2 nitrogen and oxygen atoms in total. The van der Waals surface area contributed by atoms with Crippen LogP contribution in [0.1, 0.15) is 41.0 Å². The molecule has 1 N–H and O–H groups in total. The van der Waals surface area contributed by atoms with Gasteiger partial charge in [-0.2, -0.15) is 0 Å². The fourth-order valence-electron chi connectivity index (χ4n) is 5.09. The number of piperidine rings is 1. The van der Waals surface area contributed by atoms with Crippen molar-refractivity contribution in [2.45, 2.75) is 39.2 Å². The largest absolute Gasteiger partial charge is 0.354 e. The summed E-state index contributed by atoms with van der Waals surface area (Å²) in [6, 6.07) is 19.5. The van der Waals surface area contributed by atoms with E-state index in [0.29, 0.717) is 10.9 Å². The quantitative estimate of drug-likeness (QED) is 0.341. The summed E-state index contributed by atoms with van der Waals surface area (Å²) in [5.74, 6) is 0.169. The smallest absolute Gasteiger partial charge is 0.123 e. The monoisotopic (exact) mass is 446 g/mol. The van der Waals surface area contributed by atoms with Crippen molar-refractivity contribution in [3.05, 3.63) is 93.8 Å². The number of aryl methyl sites for hydroxylation is 1. The predicted molar refractivity (Wildman–Crippen MR) is 132 cm³/mol. The van der Waals surface area contributed by atoms with Gasteiger partial charge in [-0.3, -0.25) is 4.90 Å². The number of H-pyrrole nitrogens is 1. The number of halogens is 2. The molecule has 1 saturated heterocycles. The van der Waals surface area contributed by atoms with E-state index < -0.39 is 0 Å². The van der Waals surface area contributed by atoms with Crippen LogP contribution in [0.3, 0.4) is 0 Å². The van der Waals surface area contributed by atoms with Crippen LogP contribution in [0.2, 0.25) is 5.02 Å². The van der Waals surface area contributed by atoms with Crippen molar-refractivity contribution >= 4 is 22.5 Å². The van der Waals surface area contributed by atoms with Crippen molar-refractivity contribution in [1.29, 1.82) is 0 Å². The maximum Gasteiger partial charge on any atom is 0.123 e. The number of benzene rings is 3. The number of aromatic amines is 1. The number of likely N-dealkylation sites (tertiary alicyclic amines) is 1. The van der Waals surface area contributed by atoms with Gasteiger partial charge in [-0.15, -0.1) is 0 Å². The minimum absolute atomic E-state index is 0.198. The Morgan fingerprint density at radius 1 is 1.00 bits per heavy atom. The standard InChI is InChI=1S/C28H28ClFN2/c1-18-6-5-7-21(19(18)2)17-32-14-12-20(13-15-32)27-24-16-22(30)10-11-26(24)31-28(27)23-8-3-4-9-25(23)29/h3-11,16,20,31H,12-15,17H2,1-2H3. The molecule has 1 aliphatic rings. The van der Waals surface area contributed by atoms with E-state index in [9.17, 15) is 4.39 Å². The van der Waals surface area contributed by atoms with Gasteiger partial charge in [0.2, 0.25) is 0 Å². The highest BCUT2D eigenvalue weighted by Crippen LogP contribution is 2.42. The Labute approximate surface area is 194 Å². The molecule has 0 bridgehead atoms. The molecule has 5 rings (SSSR count). The number of fused-ring (bicyclic) bond motifs is 1. The molecule has 4 aromatic rings. The van der Waals surface area contributed by atoms with Crippen LogP contribution in [0, 0.1) is 19.7 Å². The predicted octanol–water partition coefficient (Wildman–Crippen LogP) is 7.62. The first kappa shape index (κ1) is 21.2. The highest BCUT2D eigenvalue weighted by molar-refractivity contribution is 6.33. The van der Waals surface area contributed by atoms with E-state index in [0.717, 1.165) is 54.6 Å². The third kappa shape index (κ3) is 3.96. The van der Waals surface area contributed by atoms with Gasteiger partial charge in [0.25, 0.3) is 0 Å². The van der Waals surface area contributed by atoms with Gasteiger partial charge in [-0.05, 0) is 92.2 Å². The zero-order chi connectivity index (χ0) is 22.2. The lowest BCUT2D eigenvalue weighted by molar-refractivity contribution is 0.205. The lowest BCUT2D eigenvalue weighted by atomic mass is 9.85. The van der Waals surface area contributed by atoms with Crippen LogP contribution in [0.25, 0.3) is 22.2 Å². The summed E-state index contributed by atoms with van der Waals surface area (Å²) in [7, 11) is 0. The molecular weight excluding hydrogens is 419 g/mol. The zero-order valence-corrected chi connectivity index (χ0v) is 19.3. The van der Waals surface area contributed by atoms with E-state index in [1.807, 2.05) is 30.3 Å². The molecule has 0 radical (unpaired) electrons. The summed E-state index contributed by atoms with van der Waals surface area (Å²) < 4.78 is 14.2. The van der Waals surface area contributed by atoms with Crippen molar-refractivity contribution in [3.8, 4) is 11.3 Å². The molecular formula is C28H28ClFN2. The molecule has 0 amide bonds. The average Bonchev–Trinajstić information content (AvgIpc) is 3.16. The highest BCUT2D eigenvalue weighted by Gasteiger charge is 2.27. The molecule has 0 unspecified atom stereocenters. The number of hydrogen-bond acceptors (Lipinski definition) is 1. The van der Waals surface area contributed by atoms with Crippen LogP contribution < -0.4 is 0 Å². The van der Waals surface area contributed by atoms with Crippen molar-refractivity contribution < 1.29 is 4.39 Å². The fraction of sp³-hybridized carbons (Fsp3) is 0.286. The molecule has 0 aliphatic carbocycles. The van der Waals surface area contributed by atoms with Gasteiger partial charge in [0.05, 0.1) is 5.69 Å². The van der Waals surface area contributed by atoms with Crippen molar-refractivity contribution in [2.75, 3.05) is 13.1 Å². The maximum absolute atomic E-state index is 14.2. The summed E-state index contributed by atoms with van der Waals surface area (Å²) in [6.45, 7) is 7.44. The highest BCUT2D eigenvalue weighted by atomic mass is 35.5. The van der Waals surface area contributed by atoms with Gasteiger partial charge in [-0.1, -0.05) is 48.0 Å². The number of rotatable bonds is 4. The summed E-state index contributed by atoms with van der Waals surface area (Å²) >= 11 is 6.57. The second-order valence-corrected chi connectivity index (χ2v) is 9.40. The van der Waals surface area contributed by atoms with E-state index >= 15 is 0 Å². The van der Waals surface area contributed by atoms with Crippen LogP contribution in [0.5, 0.6) is 0 Å². The number of nitrogens with zero attached hydrogens (tertiary/aromatic N) is 1. The summed E-state index contributed by atoms with van der Waals surface area (Å²) in [4.78, 5) is 6.09. The molecule has 1 aromatic heterocycles. The van der Waals surface area contributed by atoms with Gasteiger partial charge >= 0.3 is 0 Å². The zero-order valence-electron chi connectivity index (χ0n) is 18.6. The van der Waals surface area contributed by atoms with E-state index in [4.69, 9.17) is 11.6 Å². The molecule has 0 atom stereocenters. The van der Waals surface area contributed by atoms with E-state index in [2.05, 4.69) is 41.9 Å². The van der Waals surface area contributed by atoms with Crippen LogP contribution in [0.4, 0.5) is 4.39 Å². The molecule has 164 valence electrons. The molecule has 4 heteroatoms. The second kappa shape index (κ2) is 8.73. The minimum Gasteiger partial charge on any atom is -0.354 e. The third-order valence-electron chi connectivity index (χ3n) is 7.05. The topological polar surface area (TPSA) is 19.0 Å². The molecule has 32 heavy (non-hydrogen) atoms. The lowest BCUT2D eigenvalue weighted by Crippen LogP contribution is -2.32. The van der Waals surface area contributed by atoms with Gasteiger partial charge in [-0.25, -0.2) is 4.39 Å².